The second-order valence-corrected chi connectivity index (χ2v) is 2.38. The zero-order valence-electron chi connectivity index (χ0n) is 6.76. The Morgan fingerprint density at radius 3 is 2.54 bits per heavy atom. The zero-order valence-corrected chi connectivity index (χ0v) is 6.76. The van der Waals surface area contributed by atoms with Crippen LogP contribution in [-0.2, 0) is 12.6 Å². The molecule has 1 aromatic rings. The second-order valence-electron chi connectivity index (χ2n) is 2.38. The lowest BCUT2D eigenvalue weighted by atomic mass is 10.3. The summed E-state index contributed by atoms with van der Waals surface area (Å²) in [6, 6.07) is 0. The van der Waals surface area contributed by atoms with Gasteiger partial charge in [0.05, 0.1) is 6.20 Å². The number of nitrogens with zero attached hydrogens (tertiary/aromatic N) is 2. The summed E-state index contributed by atoms with van der Waals surface area (Å²) < 4.78 is 36.2. The first-order chi connectivity index (χ1) is 5.95. The highest BCUT2D eigenvalue weighted by molar-refractivity contribution is 5.19. The second kappa shape index (κ2) is 3.20. The topological polar surface area (TPSA) is 46.0 Å². The average Bonchev–Trinajstić information content (AvgIpc) is 2.03. The summed E-state index contributed by atoms with van der Waals surface area (Å²) in [6.07, 6.45) is -3.79. The van der Waals surface area contributed by atoms with E-state index in [1.54, 1.807) is 6.92 Å². The van der Waals surface area contributed by atoms with Gasteiger partial charge in [-0.1, -0.05) is 6.92 Å². The van der Waals surface area contributed by atoms with Gasteiger partial charge >= 0.3 is 6.18 Å². The van der Waals surface area contributed by atoms with Gasteiger partial charge in [-0.3, -0.25) is 0 Å². The van der Waals surface area contributed by atoms with Crippen LogP contribution in [0.3, 0.4) is 0 Å². The number of halogens is 3. The molecule has 1 N–H and O–H groups in total. The molecule has 0 amide bonds. The summed E-state index contributed by atoms with van der Waals surface area (Å²) >= 11 is 0. The monoisotopic (exact) mass is 192 g/mol. The van der Waals surface area contributed by atoms with E-state index in [-0.39, 0.29) is 12.1 Å². The molecule has 13 heavy (non-hydrogen) atoms. The van der Waals surface area contributed by atoms with E-state index < -0.39 is 17.8 Å². The number of rotatable bonds is 1. The molecule has 1 heterocycles. The molecular weight excluding hydrogens is 185 g/mol. The molecule has 0 saturated carbocycles. The lowest BCUT2D eigenvalue weighted by Crippen LogP contribution is -2.10. The molecule has 0 bridgehead atoms. The summed E-state index contributed by atoms with van der Waals surface area (Å²) in [5.41, 5.74) is -1.13. The van der Waals surface area contributed by atoms with Crippen LogP contribution in [0.25, 0.3) is 0 Å². The van der Waals surface area contributed by atoms with E-state index >= 15 is 0 Å². The smallest absolute Gasteiger partial charge is 0.434 e. The van der Waals surface area contributed by atoms with Crippen molar-refractivity contribution in [1.29, 1.82) is 0 Å². The molecule has 0 aliphatic heterocycles. The number of aromatic hydroxyl groups is 1. The minimum Gasteiger partial charge on any atom is -0.492 e. The molecule has 0 unspecified atom stereocenters. The number of hydrogen-bond acceptors (Lipinski definition) is 3. The maximum atomic E-state index is 12.1. The fraction of sp³-hybridized carbons (Fsp3) is 0.429. The van der Waals surface area contributed by atoms with Crippen molar-refractivity contribution in [1.82, 2.24) is 9.97 Å². The predicted octanol–water partition coefficient (Wildman–Crippen LogP) is 1.76. The molecule has 0 atom stereocenters. The van der Waals surface area contributed by atoms with Crippen LogP contribution in [0.4, 0.5) is 13.2 Å². The van der Waals surface area contributed by atoms with E-state index in [0.29, 0.717) is 6.20 Å². The molecule has 1 aromatic heterocycles. The highest BCUT2D eigenvalue weighted by atomic mass is 19.4. The molecule has 0 aliphatic rings. The van der Waals surface area contributed by atoms with Crippen molar-refractivity contribution in [3.63, 3.8) is 0 Å². The summed E-state index contributed by atoms with van der Waals surface area (Å²) in [5, 5.41) is 8.96. The van der Waals surface area contributed by atoms with Crippen LogP contribution in [-0.4, -0.2) is 15.1 Å². The van der Waals surface area contributed by atoms with Gasteiger partial charge in [-0.15, -0.1) is 0 Å². The molecule has 0 radical (unpaired) electrons. The van der Waals surface area contributed by atoms with Gasteiger partial charge in [0.25, 0.3) is 0 Å². The van der Waals surface area contributed by atoms with Gasteiger partial charge in [0.1, 0.15) is 5.69 Å². The SMILES string of the molecule is CCc1nc(C(F)(F)F)cnc1O. The normalized spacial score (nSPS) is 11.7. The van der Waals surface area contributed by atoms with E-state index in [1.807, 2.05) is 0 Å². The molecule has 0 aromatic carbocycles. The van der Waals surface area contributed by atoms with Crippen LogP contribution in [0.5, 0.6) is 5.88 Å². The van der Waals surface area contributed by atoms with Gasteiger partial charge in [0.2, 0.25) is 5.88 Å². The first kappa shape index (κ1) is 9.76. The predicted molar refractivity (Wildman–Crippen MR) is 38.1 cm³/mol. The van der Waals surface area contributed by atoms with Crippen molar-refractivity contribution in [2.24, 2.45) is 0 Å². The Bertz CT molecular complexity index is 311. The molecule has 0 spiro atoms. The Morgan fingerprint density at radius 1 is 1.46 bits per heavy atom. The first-order valence-corrected chi connectivity index (χ1v) is 3.57. The van der Waals surface area contributed by atoms with Gasteiger partial charge in [0, 0.05) is 0 Å². The van der Waals surface area contributed by atoms with Gasteiger partial charge in [-0.05, 0) is 6.42 Å². The molecule has 3 nitrogen and oxygen atoms in total. The van der Waals surface area contributed by atoms with Crippen molar-refractivity contribution in [2.75, 3.05) is 0 Å². The maximum absolute atomic E-state index is 12.1. The van der Waals surface area contributed by atoms with Gasteiger partial charge in [-0.2, -0.15) is 13.2 Å². The summed E-state index contributed by atoms with van der Waals surface area (Å²) in [6.45, 7) is 1.59. The highest BCUT2D eigenvalue weighted by Gasteiger charge is 2.33. The number of alkyl halides is 3. The minimum absolute atomic E-state index is 0.0465. The summed E-state index contributed by atoms with van der Waals surface area (Å²) in [7, 11) is 0. The molecule has 0 aliphatic carbocycles. The lowest BCUT2D eigenvalue weighted by molar-refractivity contribution is -0.141. The van der Waals surface area contributed by atoms with E-state index in [4.69, 9.17) is 5.11 Å². The van der Waals surface area contributed by atoms with Crippen molar-refractivity contribution in [3.8, 4) is 5.88 Å². The Balaban J connectivity index is 3.14. The standard InChI is InChI=1S/C7H7F3N2O/c1-2-4-6(13)11-3-5(12-4)7(8,9)10/h3H,2H2,1H3,(H,11,13). The van der Waals surface area contributed by atoms with Crippen LogP contribution >= 0.6 is 0 Å². The largest absolute Gasteiger partial charge is 0.492 e. The molecule has 6 heteroatoms. The third kappa shape index (κ3) is 2.07. The summed E-state index contributed by atoms with van der Waals surface area (Å²) in [4.78, 5) is 6.41. The molecule has 1 rings (SSSR count). The van der Waals surface area contributed by atoms with Crippen LogP contribution in [0.1, 0.15) is 18.3 Å². The van der Waals surface area contributed by atoms with Crippen molar-refractivity contribution in [2.45, 2.75) is 19.5 Å². The van der Waals surface area contributed by atoms with Crippen molar-refractivity contribution in [3.05, 3.63) is 17.6 Å². The Labute approximate surface area is 72.3 Å². The number of aromatic nitrogens is 2. The molecule has 0 saturated heterocycles. The van der Waals surface area contributed by atoms with E-state index in [1.165, 1.54) is 0 Å². The van der Waals surface area contributed by atoms with E-state index in [9.17, 15) is 13.2 Å². The maximum Gasteiger partial charge on any atom is 0.434 e. The fourth-order valence-corrected chi connectivity index (χ4v) is 0.795. The third-order valence-corrected chi connectivity index (χ3v) is 1.45. The lowest BCUT2D eigenvalue weighted by Gasteiger charge is -2.06. The number of hydrogen-bond donors (Lipinski definition) is 1. The first-order valence-electron chi connectivity index (χ1n) is 3.57. The van der Waals surface area contributed by atoms with Crippen LogP contribution in [0.15, 0.2) is 6.20 Å². The minimum atomic E-state index is -4.51. The van der Waals surface area contributed by atoms with Crippen LogP contribution in [0.2, 0.25) is 0 Å². The Morgan fingerprint density at radius 2 is 2.08 bits per heavy atom. The third-order valence-electron chi connectivity index (χ3n) is 1.45. The van der Waals surface area contributed by atoms with E-state index in [2.05, 4.69) is 9.97 Å². The summed E-state index contributed by atoms with van der Waals surface area (Å²) in [5.74, 6) is -0.449. The highest BCUT2D eigenvalue weighted by Crippen LogP contribution is 2.28. The average molecular weight is 192 g/mol. The molecular formula is C7H7F3N2O. The van der Waals surface area contributed by atoms with Crippen LogP contribution < -0.4 is 0 Å². The van der Waals surface area contributed by atoms with E-state index in [0.717, 1.165) is 0 Å². The van der Waals surface area contributed by atoms with Crippen molar-refractivity contribution >= 4 is 0 Å². The Hall–Kier alpha value is -1.33. The Kier molecular flexibility index (Phi) is 2.40. The molecule has 72 valence electrons. The number of aryl methyl sites for hydroxylation is 1. The quantitative estimate of drug-likeness (QED) is 0.737. The molecule has 0 fully saturated rings. The van der Waals surface area contributed by atoms with Gasteiger partial charge in [-0.25, -0.2) is 9.97 Å². The van der Waals surface area contributed by atoms with Gasteiger partial charge in [0.15, 0.2) is 5.69 Å². The van der Waals surface area contributed by atoms with Gasteiger partial charge < -0.3 is 5.11 Å². The van der Waals surface area contributed by atoms with Crippen molar-refractivity contribution < 1.29 is 18.3 Å². The fourth-order valence-electron chi connectivity index (χ4n) is 0.795. The zero-order chi connectivity index (χ0) is 10.1. The van der Waals surface area contributed by atoms with Crippen LogP contribution in [0, 0.1) is 0 Å².